The van der Waals surface area contributed by atoms with Gasteiger partial charge in [0.15, 0.2) is 0 Å². The van der Waals surface area contributed by atoms with Crippen LogP contribution in [0.2, 0.25) is 0 Å². The van der Waals surface area contributed by atoms with Crippen LogP contribution in [0.4, 0.5) is 5.82 Å². The molecule has 0 amide bonds. The van der Waals surface area contributed by atoms with Gasteiger partial charge in [-0.05, 0) is 45.7 Å². The zero-order valence-corrected chi connectivity index (χ0v) is 9.97. The fourth-order valence-electron chi connectivity index (χ4n) is 2.15. The Morgan fingerprint density at radius 3 is 2.13 bits per heavy atom. The van der Waals surface area contributed by atoms with Gasteiger partial charge < -0.3 is 5.73 Å². The average Bonchev–Trinajstić information content (AvgIpc) is 2.40. The Balaban J connectivity index is 3.10. The number of nitrogens with two attached hydrogens (primary N) is 1. The fourth-order valence-corrected chi connectivity index (χ4v) is 2.15. The molecule has 0 fully saturated rings. The predicted molar refractivity (Wildman–Crippen MR) is 63.3 cm³/mol. The molecule has 3 nitrogen and oxygen atoms in total. The largest absolute Gasteiger partial charge is 0.385 e. The van der Waals surface area contributed by atoms with E-state index in [0.29, 0.717) is 0 Å². The van der Waals surface area contributed by atoms with Crippen molar-refractivity contribution in [3.63, 3.8) is 0 Å². The van der Waals surface area contributed by atoms with Crippen LogP contribution in [0.25, 0.3) is 5.52 Å². The molecule has 0 aliphatic heterocycles. The molecular weight excluding hydrogens is 186 g/mol. The van der Waals surface area contributed by atoms with Crippen LogP contribution < -0.4 is 5.73 Å². The number of nitrogens with zero attached hydrogens (tertiary/aromatic N) is 2. The number of hydrogen-bond donors (Lipinski definition) is 1. The third-order valence-electron chi connectivity index (χ3n) is 3.30. The van der Waals surface area contributed by atoms with Crippen molar-refractivity contribution < 1.29 is 0 Å². The zero-order valence-electron chi connectivity index (χ0n) is 9.97. The van der Waals surface area contributed by atoms with Crippen LogP contribution in [0.1, 0.15) is 28.2 Å². The van der Waals surface area contributed by atoms with Crippen molar-refractivity contribution in [2.45, 2.75) is 34.6 Å². The van der Waals surface area contributed by atoms with Crippen LogP contribution in [-0.2, 0) is 0 Å². The lowest BCUT2D eigenvalue weighted by Crippen LogP contribution is -2.03. The van der Waals surface area contributed by atoms with E-state index in [2.05, 4.69) is 30.2 Å². The Bertz CT molecular complexity index is 550. The van der Waals surface area contributed by atoms with Crippen LogP contribution >= 0.6 is 0 Å². The Kier molecular flexibility index (Phi) is 2.00. The number of aryl methyl sites for hydroxylation is 4. The van der Waals surface area contributed by atoms with Crippen molar-refractivity contribution in [3.8, 4) is 0 Å². The topological polar surface area (TPSA) is 43.3 Å². The predicted octanol–water partition coefficient (Wildman–Crippen LogP) is 2.46. The smallest absolute Gasteiger partial charge is 0.111 e. The molecule has 2 aromatic heterocycles. The molecule has 2 heterocycles. The van der Waals surface area contributed by atoms with Crippen LogP contribution in [0.15, 0.2) is 0 Å². The number of aromatic nitrogens is 2. The highest BCUT2D eigenvalue weighted by atomic mass is 15.0. The number of rotatable bonds is 0. The zero-order chi connectivity index (χ0) is 11.3. The van der Waals surface area contributed by atoms with Gasteiger partial charge >= 0.3 is 0 Å². The lowest BCUT2D eigenvalue weighted by Gasteiger charge is -2.09. The van der Waals surface area contributed by atoms with Crippen LogP contribution in [0.3, 0.4) is 0 Å². The van der Waals surface area contributed by atoms with Crippen molar-refractivity contribution in [2.24, 2.45) is 0 Å². The van der Waals surface area contributed by atoms with Gasteiger partial charge in [-0.2, -0.15) is 0 Å². The minimum atomic E-state index is 0.841. The lowest BCUT2D eigenvalue weighted by molar-refractivity contribution is 0.980. The molecule has 0 aliphatic rings. The molecule has 2 N–H and O–H groups in total. The van der Waals surface area contributed by atoms with Gasteiger partial charge in [0.05, 0.1) is 16.9 Å². The number of anilines is 1. The molecule has 0 saturated carbocycles. The molecule has 0 saturated heterocycles. The highest BCUT2D eigenvalue weighted by Crippen LogP contribution is 2.28. The van der Waals surface area contributed by atoms with Crippen LogP contribution in [0.5, 0.6) is 0 Å². The first kappa shape index (κ1) is 10.0. The standard InChI is InChI=1S/C12H17N3/c1-6-7(2)12(13)15-10(5)8(3)14-9(4)11(6)15/h13H2,1-5H3. The van der Waals surface area contributed by atoms with E-state index in [1.807, 2.05) is 13.8 Å². The fraction of sp³-hybridized carbons (Fsp3) is 0.417. The quantitative estimate of drug-likeness (QED) is 0.714. The highest BCUT2D eigenvalue weighted by Gasteiger charge is 2.14. The van der Waals surface area contributed by atoms with E-state index in [1.165, 1.54) is 5.56 Å². The Morgan fingerprint density at radius 1 is 0.933 bits per heavy atom. The maximum Gasteiger partial charge on any atom is 0.111 e. The molecule has 2 aromatic rings. The maximum atomic E-state index is 6.11. The first-order valence-corrected chi connectivity index (χ1v) is 5.16. The summed E-state index contributed by atoms with van der Waals surface area (Å²) >= 11 is 0. The molecule has 0 radical (unpaired) electrons. The van der Waals surface area contributed by atoms with Gasteiger partial charge in [-0.3, -0.25) is 9.38 Å². The minimum Gasteiger partial charge on any atom is -0.385 e. The van der Waals surface area contributed by atoms with Gasteiger partial charge in [0.25, 0.3) is 0 Å². The van der Waals surface area contributed by atoms with Crippen molar-refractivity contribution in [1.82, 2.24) is 9.38 Å². The van der Waals surface area contributed by atoms with Gasteiger partial charge in [-0.25, -0.2) is 0 Å². The molecule has 0 aromatic carbocycles. The van der Waals surface area contributed by atoms with Crippen molar-refractivity contribution in [1.29, 1.82) is 0 Å². The minimum absolute atomic E-state index is 0.841. The highest BCUT2D eigenvalue weighted by molar-refractivity contribution is 5.70. The molecule has 80 valence electrons. The summed E-state index contributed by atoms with van der Waals surface area (Å²) in [6.07, 6.45) is 0. The van der Waals surface area contributed by atoms with Gasteiger partial charge in [0, 0.05) is 5.69 Å². The molecule has 0 atom stereocenters. The Hall–Kier alpha value is -1.51. The number of nitrogen functional groups attached to an aromatic ring is 1. The molecular formula is C12H17N3. The summed E-state index contributed by atoms with van der Waals surface area (Å²) in [5.74, 6) is 0.841. The molecule has 0 spiro atoms. The third kappa shape index (κ3) is 1.16. The van der Waals surface area contributed by atoms with E-state index in [0.717, 1.165) is 34.0 Å². The molecule has 3 heteroatoms. The number of fused-ring (bicyclic) bond motifs is 1. The summed E-state index contributed by atoms with van der Waals surface area (Å²) in [6, 6.07) is 0. The Labute approximate surface area is 89.9 Å². The summed E-state index contributed by atoms with van der Waals surface area (Å²) in [5.41, 5.74) is 12.9. The summed E-state index contributed by atoms with van der Waals surface area (Å²) in [7, 11) is 0. The van der Waals surface area contributed by atoms with E-state index in [9.17, 15) is 0 Å². The monoisotopic (exact) mass is 203 g/mol. The second-order valence-electron chi connectivity index (χ2n) is 4.19. The van der Waals surface area contributed by atoms with Crippen molar-refractivity contribution >= 4 is 11.3 Å². The summed E-state index contributed by atoms with van der Waals surface area (Å²) in [5, 5.41) is 0. The van der Waals surface area contributed by atoms with Crippen LogP contribution in [0, 0.1) is 34.6 Å². The van der Waals surface area contributed by atoms with E-state index < -0.39 is 0 Å². The van der Waals surface area contributed by atoms with E-state index in [-0.39, 0.29) is 0 Å². The summed E-state index contributed by atoms with van der Waals surface area (Å²) in [6.45, 7) is 10.3. The first-order valence-electron chi connectivity index (χ1n) is 5.16. The molecule has 15 heavy (non-hydrogen) atoms. The van der Waals surface area contributed by atoms with E-state index in [1.54, 1.807) is 0 Å². The average molecular weight is 203 g/mol. The second-order valence-corrected chi connectivity index (χ2v) is 4.19. The number of hydrogen-bond acceptors (Lipinski definition) is 2. The summed E-state index contributed by atoms with van der Waals surface area (Å²) in [4.78, 5) is 4.54. The van der Waals surface area contributed by atoms with E-state index in [4.69, 9.17) is 5.73 Å². The van der Waals surface area contributed by atoms with E-state index >= 15 is 0 Å². The third-order valence-corrected chi connectivity index (χ3v) is 3.30. The van der Waals surface area contributed by atoms with Gasteiger partial charge in [0.1, 0.15) is 5.82 Å². The van der Waals surface area contributed by atoms with Crippen molar-refractivity contribution in [2.75, 3.05) is 5.73 Å². The molecule has 0 unspecified atom stereocenters. The van der Waals surface area contributed by atoms with Gasteiger partial charge in [-0.1, -0.05) is 0 Å². The van der Waals surface area contributed by atoms with Gasteiger partial charge in [0.2, 0.25) is 0 Å². The molecule has 0 aliphatic carbocycles. The van der Waals surface area contributed by atoms with Crippen molar-refractivity contribution in [3.05, 3.63) is 28.2 Å². The molecule has 0 bridgehead atoms. The summed E-state index contributed by atoms with van der Waals surface area (Å²) < 4.78 is 2.11. The normalized spacial score (nSPS) is 11.3. The molecule has 2 rings (SSSR count). The Morgan fingerprint density at radius 2 is 1.53 bits per heavy atom. The SMILES string of the molecule is Cc1nc(C)c2c(C)c(C)c(N)n2c1C. The van der Waals surface area contributed by atoms with Gasteiger partial charge in [-0.15, -0.1) is 0 Å². The second kappa shape index (κ2) is 2.99. The maximum absolute atomic E-state index is 6.11. The van der Waals surface area contributed by atoms with Crippen LogP contribution in [-0.4, -0.2) is 9.38 Å². The lowest BCUT2D eigenvalue weighted by atomic mass is 10.2. The first-order chi connectivity index (χ1) is 6.95.